The van der Waals surface area contributed by atoms with Gasteiger partial charge in [-0.3, -0.25) is 4.79 Å². The lowest BCUT2D eigenvalue weighted by molar-refractivity contribution is 0.0708. The van der Waals surface area contributed by atoms with Crippen LogP contribution in [0.3, 0.4) is 0 Å². The van der Waals surface area contributed by atoms with Crippen molar-refractivity contribution in [2.45, 2.75) is 19.9 Å². The van der Waals surface area contributed by atoms with Gasteiger partial charge < -0.3 is 10.6 Å². The number of carbonyl (C=O) groups excluding carboxylic acids is 1. The highest BCUT2D eigenvalue weighted by Gasteiger charge is 2.23. The van der Waals surface area contributed by atoms with Crippen LogP contribution in [0, 0.1) is 5.82 Å². The van der Waals surface area contributed by atoms with Gasteiger partial charge in [0.1, 0.15) is 10.7 Å². The summed E-state index contributed by atoms with van der Waals surface area (Å²) >= 11 is 1.34. The third-order valence-corrected chi connectivity index (χ3v) is 4.23. The zero-order chi connectivity index (χ0) is 14.7. The first kappa shape index (κ1) is 14.5. The average Bonchev–Trinajstić information content (AvgIpc) is 2.86. The molecule has 1 aromatic carbocycles. The number of nitrogens with zero attached hydrogens (tertiary/aromatic N) is 1. The summed E-state index contributed by atoms with van der Waals surface area (Å²) in [6.45, 7) is 4.41. The molecule has 0 radical (unpaired) electrons. The molecule has 1 amide bonds. The van der Waals surface area contributed by atoms with E-state index in [1.165, 1.54) is 23.5 Å². The standard InChI is InChI=1S/C15H17FN2OS/c1-3-18(15(19)14-13(17)8-9-20-14)10(2)11-4-6-12(16)7-5-11/h4-10H,3,17H2,1-2H3. The zero-order valence-electron chi connectivity index (χ0n) is 11.5. The monoisotopic (exact) mass is 292 g/mol. The fraction of sp³-hybridized carbons (Fsp3) is 0.267. The normalized spacial score (nSPS) is 12.2. The zero-order valence-corrected chi connectivity index (χ0v) is 12.3. The maximum absolute atomic E-state index is 13.0. The van der Waals surface area contributed by atoms with Crippen molar-refractivity contribution in [3.8, 4) is 0 Å². The number of amides is 1. The van der Waals surface area contributed by atoms with Gasteiger partial charge in [-0.1, -0.05) is 12.1 Å². The predicted molar refractivity (Wildman–Crippen MR) is 80.3 cm³/mol. The molecule has 0 fully saturated rings. The third kappa shape index (κ3) is 2.82. The minimum Gasteiger partial charge on any atom is -0.397 e. The quantitative estimate of drug-likeness (QED) is 0.934. The molecule has 0 aliphatic heterocycles. The maximum Gasteiger partial charge on any atom is 0.266 e. The molecule has 0 saturated heterocycles. The van der Waals surface area contributed by atoms with Crippen LogP contribution in [0.15, 0.2) is 35.7 Å². The highest BCUT2D eigenvalue weighted by molar-refractivity contribution is 7.12. The first-order valence-corrected chi connectivity index (χ1v) is 7.32. The highest BCUT2D eigenvalue weighted by atomic mass is 32.1. The Morgan fingerprint density at radius 2 is 2.00 bits per heavy atom. The molecule has 1 aromatic heterocycles. The third-order valence-electron chi connectivity index (χ3n) is 3.31. The van der Waals surface area contributed by atoms with E-state index >= 15 is 0 Å². The molecule has 2 N–H and O–H groups in total. The van der Waals surface area contributed by atoms with Crippen LogP contribution in [-0.4, -0.2) is 17.4 Å². The lowest BCUT2D eigenvalue weighted by Gasteiger charge is -2.28. The van der Waals surface area contributed by atoms with Crippen LogP contribution in [-0.2, 0) is 0 Å². The van der Waals surface area contributed by atoms with Crippen LogP contribution in [0.5, 0.6) is 0 Å². The van der Waals surface area contributed by atoms with Gasteiger partial charge in [-0.15, -0.1) is 11.3 Å². The minimum atomic E-state index is -0.280. The van der Waals surface area contributed by atoms with Crippen LogP contribution in [0.1, 0.15) is 35.1 Å². The smallest absolute Gasteiger partial charge is 0.266 e. The van der Waals surface area contributed by atoms with Crippen molar-refractivity contribution in [3.63, 3.8) is 0 Å². The van der Waals surface area contributed by atoms with Crippen molar-refractivity contribution in [2.24, 2.45) is 0 Å². The van der Waals surface area contributed by atoms with Crippen LogP contribution < -0.4 is 5.73 Å². The molecule has 0 aliphatic carbocycles. The van der Waals surface area contributed by atoms with Crippen LogP contribution in [0.25, 0.3) is 0 Å². The number of anilines is 1. The number of benzene rings is 1. The van der Waals surface area contributed by atoms with Gasteiger partial charge >= 0.3 is 0 Å². The topological polar surface area (TPSA) is 46.3 Å². The Balaban J connectivity index is 2.25. The number of rotatable bonds is 4. The number of nitrogen functional groups attached to an aromatic ring is 1. The van der Waals surface area contributed by atoms with Crippen molar-refractivity contribution in [3.05, 3.63) is 52.0 Å². The Morgan fingerprint density at radius 3 is 2.50 bits per heavy atom. The van der Waals surface area contributed by atoms with Crippen molar-refractivity contribution in [1.29, 1.82) is 0 Å². The first-order chi connectivity index (χ1) is 9.54. The Kier molecular flexibility index (Phi) is 4.39. The summed E-state index contributed by atoms with van der Waals surface area (Å²) in [5.41, 5.74) is 7.21. The predicted octanol–water partition coefficient (Wildman–Crippen LogP) is 3.69. The molecule has 1 heterocycles. The molecule has 0 bridgehead atoms. The van der Waals surface area contributed by atoms with E-state index in [4.69, 9.17) is 5.73 Å². The minimum absolute atomic E-state index is 0.0863. The van der Waals surface area contributed by atoms with E-state index < -0.39 is 0 Å². The summed E-state index contributed by atoms with van der Waals surface area (Å²) < 4.78 is 13.0. The highest BCUT2D eigenvalue weighted by Crippen LogP contribution is 2.26. The number of hydrogen-bond donors (Lipinski definition) is 1. The molecule has 1 unspecified atom stereocenters. The summed E-state index contributed by atoms with van der Waals surface area (Å²) in [6, 6.07) is 7.82. The lowest BCUT2D eigenvalue weighted by Crippen LogP contribution is -2.33. The van der Waals surface area contributed by atoms with E-state index in [2.05, 4.69) is 0 Å². The van der Waals surface area contributed by atoms with Crippen molar-refractivity contribution in [2.75, 3.05) is 12.3 Å². The summed E-state index contributed by atoms with van der Waals surface area (Å²) in [5, 5.41) is 1.80. The molecule has 2 aromatic rings. The molecule has 0 aliphatic rings. The average molecular weight is 292 g/mol. The van der Waals surface area contributed by atoms with Crippen LogP contribution >= 0.6 is 11.3 Å². The molecule has 0 saturated carbocycles. The summed E-state index contributed by atoms with van der Waals surface area (Å²) in [6.07, 6.45) is 0. The second-order valence-corrected chi connectivity index (χ2v) is 5.44. The largest absolute Gasteiger partial charge is 0.397 e. The second kappa shape index (κ2) is 6.05. The van der Waals surface area contributed by atoms with Crippen molar-refractivity contribution >= 4 is 22.9 Å². The van der Waals surface area contributed by atoms with Crippen molar-refractivity contribution in [1.82, 2.24) is 4.90 Å². The lowest BCUT2D eigenvalue weighted by atomic mass is 10.1. The molecular weight excluding hydrogens is 275 g/mol. The van der Waals surface area contributed by atoms with Gasteiger partial charge in [0, 0.05) is 6.54 Å². The molecule has 1 atom stereocenters. The van der Waals surface area contributed by atoms with Crippen LogP contribution in [0.4, 0.5) is 10.1 Å². The van der Waals surface area contributed by atoms with E-state index in [0.29, 0.717) is 17.1 Å². The van der Waals surface area contributed by atoms with E-state index in [0.717, 1.165) is 5.56 Å². The summed E-state index contributed by atoms with van der Waals surface area (Å²) in [7, 11) is 0. The van der Waals surface area contributed by atoms with Gasteiger partial charge in [0.15, 0.2) is 0 Å². The number of hydrogen-bond acceptors (Lipinski definition) is 3. The number of thiophene rings is 1. The van der Waals surface area contributed by atoms with Gasteiger partial charge in [-0.2, -0.15) is 0 Å². The van der Waals surface area contributed by atoms with E-state index in [-0.39, 0.29) is 17.8 Å². The maximum atomic E-state index is 13.0. The molecule has 106 valence electrons. The summed E-state index contributed by atoms with van der Waals surface area (Å²) in [4.78, 5) is 14.8. The molecule has 3 nitrogen and oxygen atoms in total. The van der Waals surface area contributed by atoms with Crippen LogP contribution in [0.2, 0.25) is 0 Å². The molecule has 5 heteroatoms. The van der Waals surface area contributed by atoms with E-state index in [1.54, 1.807) is 28.5 Å². The Hall–Kier alpha value is -1.88. The number of carbonyl (C=O) groups is 1. The molecule has 20 heavy (non-hydrogen) atoms. The van der Waals surface area contributed by atoms with E-state index in [1.807, 2.05) is 13.8 Å². The Morgan fingerprint density at radius 1 is 1.35 bits per heavy atom. The van der Waals surface area contributed by atoms with Gasteiger partial charge in [-0.25, -0.2) is 4.39 Å². The van der Waals surface area contributed by atoms with Gasteiger partial charge in [0.05, 0.1) is 11.7 Å². The van der Waals surface area contributed by atoms with Gasteiger partial charge in [0.2, 0.25) is 0 Å². The fourth-order valence-electron chi connectivity index (χ4n) is 2.14. The summed E-state index contributed by atoms with van der Waals surface area (Å²) in [5.74, 6) is -0.366. The van der Waals surface area contributed by atoms with E-state index in [9.17, 15) is 9.18 Å². The molecule has 2 rings (SSSR count). The SMILES string of the molecule is CCN(C(=O)c1sccc1N)C(C)c1ccc(F)cc1. The van der Waals surface area contributed by atoms with Gasteiger partial charge in [0.25, 0.3) is 5.91 Å². The number of halogens is 1. The van der Waals surface area contributed by atoms with Gasteiger partial charge in [-0.05, 0) is 43.0 Å². The molecular formula is C15H17FN2OS. The Labute approximate surface area is 121 Å². The molecule has 0 spiro atoms. The number of nitrogens with two attached hydrogens (primary N) is 1. The second-order valence-electron chi connectivity index (χ2n) is 4.52. The Bertz CT molecular complexity index is 594. The van der Waals surface area contributed by atoms with Crippen molar-refractivity contribution < 1.29 is 9.18 Å². The first-order valence-electron chi connectivity index (χ1n) is 6.44. The fourth-order valence-corrected chi connectivity index (χ4v) is 2.91.